The van der Waals surface area contributed by atoms with Crippen LogP contribution in [0.25, 0.3) is 10.1 Å². The Morgan fingerprint density at radius 1 is 1.50 bits per heavy atom. The van der Waals surface area contributed by atoms with Crippen molar-refractivity contribution >= 4 is 34.1 Å². The quantitative estimate of drug-likeness (QED) is 0.769. The lowest BCUT2D eigenvalue weighted by Crippen LogP contribution is -1.89. The van der Waals surface area contributed by atoms with Crippen molar-refractivity contribution in [2.24, 2.45) is 0 Å². The Labute approximate surface area is 91.5 Å². The van der Waals surface area contributed by atoms with Crippen LogP contribution >= 0.6 is 24.0 Å². The predicted molar refractivity (Wildman–Crippen MR) is 61.9 cm³/mol. The fourth-order valence-electron chi connectivity index (χ4n) is 1.33. The summed E-state index contributed by atoms with van der Waals surface area (Å²) in [5.74, 6) is 0.584. The molecule has 0 unspecified atom stereocenters. The number of rotatable bonds is 2. The first-order valence-corrected chi connectivity index (χ1v) is 5.56. The molecule has 2 aromatic rings. The topological polar surface area (TPSA) is 29.5 Å². The largest absolute Gasteiger partial charge is 0.497 e. The van der Waals surface area contributed by atoms with E-state index in [2.05, 4.69) is 12.6 Å². The van der Waals surface area contributed by atoms with Crippen molar-refractivity contribution in [2.75, 3.05) is 6.61 Å². The SMILES string of the molecule is CCOc1c(O)sc2cc(S)ccc12. The number of thiophene rings is 1. The normalized spacial score (nSPS) is 10.7. The molecule has 0 saturated carbocycles. The second-order valence-electron chi connectivity index (χ2n) is 2.85. The molecule has 4 heteroatoms. The van der Waals surface area contributed by atoms with Crippen LogP contribution in [0, 0.1) is 0 Å². The van der Waals surface area contributed by atoms with Gasteiger partial charge in [-0.3, -0.25) is 0 Å². The van der Waals surface area contributed by atoms with Crippen LogP contribution in [0.2, 0.25) is 0 Å². The van der Waals surface area contributed by atoms with Crippen LogP contribution in [-0.2, 0) is 0 Å². The van der Waals surface area contributed by atoms with Crippen molar-refractivity contribution in [3.05, 3.63) is 18.2 Å². The highest BCUT2D eigenvalue weighted by molar-refractivity contribution is 7.80. The van der Waals surface area contributed by atoms with Gasteiger partial charge in [-0.15, -0.1) is 12.6 Å². The van der Waals surface area contributed by atoms with E-state index in [1.165, 1.54) is 11.3 Å². The minimum atomic E-state index is 0.237. The molecule has 0 bridgehead atoms. The van der Waals surface area contributed by atoms with E-state index in [0.717, 1.165) is 15.0 Å². The third-order valence-corrected chi connectivity index (χ3v) is 3.11. The van der Waals surface area contributed by atoms with Crippen molar-refractivity contribution in [1.82, 2.24) is 0 Å². The van der Waals surface area contributed by atoms with Gasteiger partial charge in [-0.25, -0.2) is 0 Å². The zero-order chi connectivity index (χ0) is 10.1. The molecule has 14 heavy (non-hydrogen) atoms. The summed E-state index contributed by atoms with van der Waals surface area (Å²) < 4.78 is 6.36. The van der Waals surface area contributed by atoms with Crippen LogP contribution in [0.1, 0.15) is 6.92 Å². The van der Waals surface area contributed by atoms with Gasteiger partial charge >= 0.3 is 0 Å². The van der Waals surface area contributed by atoms with E-state index in [1.807, 2.05) is 25.1 Å². The average Bonchev–Trinajstić information content (AvgIpc) is 2.43. The number of benzene rings is 1. The molecule has 1 heterocycles. The van der Waals surface area contributed by atoms with Crippen LogP contribution < -0.4 is 4.74 Å². The summed E-state index contributed by atoms with van der Waals surface area (Å²) in [6, 6.07) is 5.73. The minimum absolute atomic E-state index is 0.237. The summed E-state index contributed by atoms with van der Waals surface area (Å²) in [5.41, 5.74) is 0. The standard InChI is InChI=1S/C10H10O2S2/c1-2-12-9-7-4-3-6(13)5-8(7)14-10(9)11/h3-5,11,13H,2H2,1H3. The molecule has 0 aliphatic rings. The first-order valence-electron chi connectivity index (χ1n) is 4.29. The maximum atomic E-state index is 9.62. The second kappa shape index (κ2) is 3.71. The Morgan fingerprint density at radius 3 is 3.00 bits per heavy atom. The molecule has 1 N–H and O–H groups in total. The van der Waals surface area contributed by atoms with Crippen LogP contribution in [0.3, 0.4) is 0 Å². The molecule has 0 aliphatic carbocycles. The summed E-state index contributed by atoms with van der Waals surface area (Å²) in [7, 11) is 0. The molecule has 0 amide bonds. The molecule has 74 valence electrons. The maximum Gasteiger partial charge on any atom is 0.215 e. The number of ether oxygens (including phenoxy) is 1. The maximum absolute atomic E-state index is 9.62. The summed E-state index contributed by atoms with van der Waals surface area (Å²) >= 11 is 5.55. The molecule has 0 aliphatic heterocycles. The van der Waals surface area contributed by atoms with Gasteiger partial charge in [0.05, 0.1) is 6.61 Å². The van der Waals surface area contributed by atoms with Gasteiger partial charge in [0, 0.05) is 15.0 Å². The molecule has 1 aromatic carbocycles. The van der Waals surface area contributed by atoms with E-state index >= 15 is 0 Å². The molecule has 0 fully saturated rings. The molecular formula is C10H10O2S2. The number of fused-ring (bicyclic) bond motifs is 1. The molecular weight excluding hydrogens is 216 g/mol. The van der Waals surface area contributed by atoms with Gasteiger partial charge in [-0.05, 0) is 25.1 Å². The molecule has 0 spiro atoms. The van der Waals surface area contributed by atoms with Crippen molar-refractivity contribution in [3.63, 3.8) is 0 Å². The summed E-state index contributed by atoms with van der Waals surface area (Å²) in [6.45, 7) is 2.46. The lowest BCUT2D eigenvalue weighted by molar-refractivity contribution is 0.326. The van der Waals surface area contributed by atoms with Crippen molar-refractivity contribution < 1.29 is 9.84 Å². The van der Waals surface area contributed by atoms with Crippen LogP contribution in [0.15, 0.2) is 23.1 Å². The highest BCUT2D eigenvalue weighted by atomic mass is 32.1. The first-order chi connectivity index (χ1) is 6.72. The average molecular weight is 226 g/mol. The third-order valence-electron chi connectivity index (χ3n) is 1.90. The van der Waals surface area contributed by atoms with Gasteiger partial charge < -0.3 is 9.84 Å². The van der Waals surface area contributed by atoms with E-state index in [9.17, 15) is 5.11 Å². The van der Waals surface area contributed by atoms with E-state index in [-0.39, 0.29) is 5.06 Å². The first kappa shape index (κ1) is 9.68. The Balaban J connectivity index is 2.64. The Hall–Kier alpha value is -0.870. The fraction of sp³-hybridized carbons (Fsp3) is 0.200. The molecule has 0 radical (unpaired) electrons. The van der Waals surface area contributed by atoms with Crippen LogP contribution in [-0.4, -0.2) is 11.7 Å². The molecule has 0 saturated heterocycles. The van der Waals surface area contributed by atoms with Gasteiger partial charge in [0.1, 0.15) is 0 Å². The lowest BCUT2D eigenvalue weighted by Gasteiger charge is -2.00. The highest BCUT2D eigenvalue weighted by Crippen LogP contribution is 2.43. The minimum Gasteiger partial charge on any atom is -0.497 e. The third kappa shape index (κ3) is 1.55. The second-order valence-corrected chi connectivity index (χ2v) is 4.40. The Morgan fingerprint density at radius 2 is 2.29 bits per heavy atom. The van der Waals surface area contributed by atoms with Crippen molar-refractivity contribution in [1.29, 1.82) is 0 Å². The van der Waals surface area contributed by atoms with E-state index < -0.39 is 0 Å². The Bertz CT molecular complexity index is 462. The summed E-state index contributed by atoms with van der Waals surface area (Å²) in [4.78, 5) is 0.891. The molecule has 1 aromatic heterocycles. The fourth-order valence-corrected chi connectivity index (χ4v) is 2.55. The van der Waals surface area contributed by atoms with E-state index in [1.54, 1.807) is 0 Å². The molecule has 0 atom stereocenters. The van der Waals surface area contributed by atoms with Crippen LogP contribution in [0.4, 0.5) is 0 Å². The van der Waals surface area contributed by atoms with Gasteiger partial charge in [0.15, 0.2) is 5.75 Å². The number of aromatic hydroxyl groups is 1. The van der Waals surface area contributed by atoms with Gasteiger partial charge in [0.2, 0.25) is 5.06 Å². The van der Waals surface area contributed by atoms with Gasteiger partial charge in [-0.1, -0.05) is 11.3 Å². The van der Waals surface area contributed by atoms with Gasteiger partial charge in [-0.2, -0.15) is 0 Å². The summed E-state index contributed by atoms with van der Waals surface area (Å²) in [5, 5.41) is 10.8. The highest BCUT2D eigenvalue weighted by Gasteiger charge is 2.11. The van der Waals surface area contributed by atoms with Crippen LogP contribution in [0.5, 0.6) is 10.8 Å². The van der Waals surface area contributed by atoms with Crippen molar-refractivity contribution in [3.8, 4) is 10.8 Å². The number of hydrogen-bond donors (Lipinski definition) is 2. The number of hydrogen-bond acceptors (Lipinski definition) is 4. The zero-order valence-electron chi connectivity index (χ0n) is 7.65. The van der Waals surface area contributed by atoms with Crippen molar-refractivity contribution in [2.45, 2.75) is 11.8 Å². The summed E-state index contributed by atoms with van der Waals surface area (Å²) in [6.07, 6.45) is 0. The lowest BCUT2D eigenvalue weighted by atomic mass is 10.2. The predicted octanol–water partition coefficient (Wildman–Crippen LogP) is 3.29. The van der Waals surface area contributed by atoms with Gasteiger partial charge in [0.25, 0.3) is 0 Å². The Kier molecular flexibility index (Phi) is 2.56. The van der Waals surface area contributed by atoms with E-state index in [0.29, 0.717) is 12.4 Å². The molecule has 2 rings (SSSR count). The smallest absolute Gasteiger partial charge is 0.215 e. The zero-order valence-corrected chi connectivity index (χ0v) is 9.36. The monoisotopic (exact) mass is 226 g/mol. The number of thiol groups is 1. The van der Waals surface area contributed by atoms with E-state index in [4.69, 9.17) is 4.74 Å². The molecule has 2 nitrogen and oxygen atoms in total.